The lowest BCUT2D eigenvalue weighted by Crippen LogP contribution is -2.43. The Bertz CT molecular complexity index is 1250. The van der Waals surface area contributed by atoms with Crippen LogP contribution in [0.4, 0.5) is 0 Å². The van der Waals surface area contributed by atoms with E-state index in [0.717, 1.165) is 24.2 Å². The van der Waals surface area contributed by atoms with E-state index in [-0.39, 0.29) is 17.5 Å². The maximum atomic E-state index is 13.1. The summed E-state index contributed by atoms with van der Waals surface area (Å²) < 4.78 is 7.04. The van der Waals surface area contributed by atoms with Gasteiger partial charge in [-0.05, 0) is 66.4 Å². The van der Waals surface area contributed by atoms with Crippen LogP contribution in [-0.2, 0) is 6.54 Å². The molecule has 7 heteroatoms. The minimum atomic E-state index is -0.179. The number of H-pyrrole nitrogens is 1. The van der Waals surface area contributed by atoms with E-state index in [4.69, 9.17) is 17.0 Å². The molecule has 0 bridgehead atoms. The van der Waals surface area contributed by atoms with Gasteiger partial charge in [0.25, 0.3) is 11.5 Å². The lowest BCUT2D eigenvalue weighted by molar-refractivity contribution is 0.0891. The summed E-state index contributed by atoms with van der Waals surface area (Å²) in [4.78, 5) is 29.1. The van der Waals surface area contributed by atoms with Gasteiger partial charge >= 0.3 is 0 Å². The van der Waals surface area contributed by atoms with Gasteiger partial charge in [0.15, 0.2) is 4.77 Å². The van der Waals surface area contributed by atoms with Crippen LogP contribution >= 0.6 is 12.2 Å². The van der Waals surface area contributed by atoms with Gasteiger partial charge in [0, 0.05) is 11.6 Å². The lowest BCUT2D eigenvalue weighted by Gasteiger charge is -2.34. The summed E-state index contributed by atoms with van der Waals surface area (Å²) in [6, 6.07) is 12.8. The number of ether oxygens (including phenoxy) is 1. The fourth-order valence-electron chi connectivity index (χ4n) is 4.49. The van der Waals surface area contributed by atoms with Crippen LogP contribution in [0.15, 0.2) is 47.3 Å². The Morgan fingerprint density at radius 3 is 2.66 bits per heavy atom. The molecule has 1 fully saturated rings. The van der Waals surface area contributed by atoms with E-state index in [1.165, 1.54) is 11.0 Å². The van der Waals surface area contributed by atoms with Crippen molar-refractivity contribution in [3.63, 3.8) is 0 Å². The molecule has 168 valence electrons. The van der Waals surface area contributed by atoms with E-state index in [9.17, 15) is 9.59 Å². The van der Waals surface area contributed by atoms with Crippen molar-refractivity contribution in [2.45, 2.75) is 45.7 Å². The van der Waals surface area contributed by atoms with Gasteiger partial charge in [-0.2, -0.15) is 0 Å². The smallest absolute Gasteiger partial charge is 0.262 e. The maximum Gasteiger partial charge on any atom is 0.262 e. The molecule has 32 heavy (non-hydrogen) atoms. The third-order valence-corrected chi connectivity index (χ3v) is 7.09. The molecule has 0 spiro atoms. The summed E-state index contributed by atoms with van der Waals surface area (Å²) in [5.74, 6) is 1.70. The molecule has 3 aromatic rings. The van der Waals surface area contributed by atoms with Crippen molar-refractivity contribution in [3.8, 4) is 5.75 Å². The summed E-state index contributed by atoms with van der Waals surface area (Å²) in [5, 5.41) is 3.69. The van der Waals surface area contributed by atoms with Gasteiger partial charge < -0.3 is 15.0 Å². The van der Waals surface area contributed by atoms with Gasteiger partial charge in [-0.15, -0.1) is 0 Å². The van der Waals surface area contributed by atoms with Gasteiger partial charge in [-0.3, -0.25) is 14.2 Å². The van der Waals surface area contributed by atoms with Crippen molar-refractivity contribution in [2.24, 2.45) is 11.8 Å². The largest absolute Gasteiger partial charge is 0.497 e. The molecule has 1 amide bonds. The van der Waals surface area contributed by atoms with Crippen molar-refractivity contribution in [1.82, 2.24) is 14.9 Å². The number of benzene rings is 2. The van der Waals surface area contributed by atoms with Crippen LogP contribution in [-0.4, -0.2) is 28.6 Å². The van der Waals surface area contributed by atoms with E-state index in [1.807, 2.05) is 24.3 Å². The average molecular weight is 452 g/mol. The molecule has 1 saturated carbocycles. The Labute approximate surface area is 192 Å². The second kappa shape index (κ2) is 9.28. The molecular formula is C25H29N3O3S. The van der Waals surface area contributed by atoms with Gasteiger partial charge in [0.1, 0.15) is 5.75 Å². The molecule has 0 aliphatic heterocycles. The number of hydrogen-bond donors (Lipinski definition) is 2. The van der Waals surface area contributed by atoms with Crippen LogP contribution in [0.25, 0.3) is 10.9 Å². The number of nitrogens with one attached hydrogen (secondary N) is 2. The molecule has 1 aliphatic carbocycles. The monoisotopic (exact) mass is 451 g/mol. The van der Waals surface area contributed by atoms with Crippen LogP contribution in [0.1, 0.15) is 49.0 Å². The number of aromatic amines is 1. The van der Waals surface area contributed by atoms with Gasteiger partial charge in [-0.1, -0.05) is 38.8 Å². The zero-order valence-corrected chi connectivity index (χ0v) is 19.5. The molecule has 1 aromatic heterocycles. The fourth-order valence-corrected chi connectivity index (χ4v) is 4.75. The molecule has 0 saturated heterocycles. The number of nitrogens with zero attached hydrogens (tertiary/aromatic N) is 1. The van der Waals surface area contributed by atoms with Crippen molar-refractivity contribution in [3.05, 3.63) is 68.7 Å². The van der Waals surface area contributed by atoms with E-state index in [1.54, 1.807) is 25.3 Å². The van der Waals surface area contributed by atoms with Crippen molar-refractivity contribution >= 4 is 29.0 Å². The number of carbonyl (C=O) groups is 1. The zero-order chi connectivity index (χ0) is 22.8. The van der Waals surface area contributed by atoms with Gasteiger partial charge in [0.05, 0.1) is 24.6 Å². The fraction of sp³-hybridized carbons (Fsp3) is 0.400. The molecule has 2 aromatic carbocycles. The average Bonchev–Trinajstić information content (AvgIpc) is 2.79. The molecule has 1 heterocycles. The highest BCUT2D eigenvalue weighted by Gasteiger charge is 2.28. The first kappa shape index (κ1) is 22.3. The van der Waals surface area contributed by atoms with E-state index >= 15 is 0 Å². The van der Waals surface area contributed by atoms with Crippen LogP contribution in [0.2, 0.25) is 0 Å². The first-order valence-corrected chi connectivity index (χ1v) is 11.5. The van der Waals surface area contributed by atoms with Crippen LogP contribution in [0.3, 0.4) is 0 Å². The second-order valence-corrected chi connectivity index (χ2v) is 9.16. The zero-order valence-electron chi connectivity index (χ0n) is 18.7. The maximum absolute atomic E-state index is 13.1. The third-order valence-electron chi connectivity index (χ3n) is 6.77. The highest BCUT2D eigenvalue weighted by molar-refractivity contribution is 7.71. The Morgan fingerprint density at radius 1 is 1.19 bits per heavy atom. The van der Waals surface area contributed by atoms with Gasteiger partial charge in [0.2, 0.25) is 0 Å². The summed E-state index contributed by atoms with van der Waals surface area (Å²) in [6.07, 6.45) is 3.35. The highest BCUT2D eigenvalue weighted by Crippen LogP contribution is 2.29. The van der Waals surface area contributed by atoms with E-state index < -0.39 is 0 Å². The molecule has 1 aliphatic rings. The third kappa shape index (κ3) is 4.48. The number of carbonyl (C=O) groups excluding carboxylic acids is 1. The number of methoxy groups -OCH3 is 1. The van der Waals surface area contributed by atoms with Crippen LogP contribution < -0.4 is 15.6 Å². The van der Waals surface area contributed by atoms with Crippen molar-refractivity contribution in [1.29, 1.82) is 0 Å². The SMILES string of the molecule is COc1ccc(Cn2c(=S)[nH]c3cc(C(=O)N[C@@H]4CCC[C@H](C)[C@@H]4C)ccc3c2=O)cc1. The van der Waals surface area contributed by atoms with Crippen molar-refractivity contribution in [2.75, 3.05) is 7.11 Å². The first-order valence-electron chi connectivity index (χ1n) is 11.1. The summed E-state index contributed by atoms with van der Waals surface area (Å²) in [7, 11) is 1.62. The predicted octanol–water partition coefficient (Wildman–Crippen LogP) is 4.67. The summed E-state index contributed by atoms with van der Waals surface area (Å²) >= 11 is 5.47. The van der Waals surface area contributed by atoms with Crippen LogP contribution in [0.5, 0.6) is 5.75 Å². The highest BCUT2D eigenvalue weighted by atomic mass is 32.1. The molecule has 3 atom stereocenters. The Kier molecular flexibility index (Phi) is 6.46. The molecule has 2 N–H and O–H groups in total. The standard InChI is InChI=1S/C25H29N3O3S/c1-15-5-4-6-21(16(15)2)26-23(29)18-9-12-20-22(13-18)27-25(32)28(24(20)30)14-17-7-10-19(31-3)11-8-17/h7-13,15-16,21H,4-6,14H2,1-3H3,(H,26,29)(H,27,32)/t15-,16-,21+/m0/s1. The Balaban J connectivity index is 1.59. The molecular weight excluding hydrogens is 422 g/mol. The van der Waals surface area contributed by atoms with Crippen molar-refractivity contribution < 1.29 is 9.53 Å². The normalized spacial score (nSPS) is 20.8. The number of aromatic nitrogens is 2. The topological polar surface area (TPSA) is 76.1 Å². The minimum absolute atomic E-state index is 0.112. The molecule has 4 rings (SSSR count). The number of rotatable bonds is 5. The number of fused-ring (bicyclic) bond motifs is 1. The molecule has 6 nitrogen and oxygen atoms in total. The van der Waals surface area contributed by atoms with E-state index in [0.29, 0.717) is 39.6 Å². The van der Waals surface area contributed by atoms with Gasteiger partial charge in [-0.25, -0.2) is 0 Å². The summed E-state index contributed by atoms with van der Waals surface area (Å²) in [5.41, 5.74) is 1.87. The summed E-state index contributed by atoms with van der Waals surface area (Å²) in [6.45, 7) is 4.81. The quantitative estimate of drug-likeness (QED) is 0.553. The number of hydrogen-bond acceptors (Lipinski definition) is 4. The Morgan fingerprint density at radius 2 is 1.94 bits per heavy atom. The molecule has 0 unspecified atom stereocenters. The minimum Gasteiger partial charge on any atom is -0.497 e. The first-order chi connectivity index (χ1) is 15.4. The van der Waals surface area contributed by atoms with Crippen LogP contribution in [0, 0.1) is 16.6 Å². The lowest BCUT2D eigenvalue weighted by atomic mass is 9.78. The molecule has 0 radical (unpaired) electrons. The second-order valence-electron chi connectivity index (χ2n) is 8.78. The predicted molar refractivity (Wildman–Crippen MR) is 129 cm³/mol. The number of amides is 1. The van der Waals surface area contributed by atoms with E-state index in [2.05, 4.69) is 24.1 Å². The Hall–Kier alpha value is -2.93.